The van der Waals surface area contributed by atoms with Crippen LogP contribution in [0.25, 0.3) is 0 Å². The van der Waals surface area contributed by atoms with E-state index in [2.05, 4.69) is 0 Å². The number of carbonyl (C=O) groups is 2. The molecule has 0 saturated carbocycles. The first-order valence-corrected chi connectivity index (χ1v) is 9.48. The highest BCUT2D eigenvalue weighted by Gasteiger charge is 2.47. The quantitative estimate of drug-likeness (QED) is 0.445. The lowest BCUT2D eigenvalue weighted by Crippen LogP contribution is -2.36. The topological polar surface area (TPSA) is 93.1 Å². The van der Waals surface area contributed by atoms with Gasteiger partial charge in [0.25, 0.3) is 0 Å². The molecule has 0 spiro atoms. The smallest absolute Gasteiger partial charge is 0.333 e. The molecule has 0 radical (unpaired) electrons. The molecule has 5 atom stereocenters. The molecule has 0 bridgehead atoms. The van der Waals surface area contributed by atoms with E-state index in [9.17, 15) is 19.8 Å². The Kier molecular flexibility index (Phi) is 7.39. The zero-order valence-electron chi connectivity index (χ0n) is 16.5. The number of hydrogen-bond donors (Lipinski definition) is 2. The van der Waals surface area contributed by atoms with E-state index in [4.69, 9.17) is 9.47 Å². The Morgan fingerprint density at radius 1 is 1.44 bits per heavy atom. The van der Waals surface area contributed by atoms with Gasteiger partial charge in [-0.3, -0.25) is 4.79 Å². The summed E-state index contributed by atoms with van der Waals surface area (Å²) in [6, 6.07) is 0. The maximum Gasteiger partial charge on any atom is 0.333 e. The van der Waals surface area contributed by atoms with Crippen LogP contribution in [0.2, 0.25) is 0 Å². The van der Waals surface area contributed by atoms with Crippen molar-refractivity contribution in [1.29, 1.82) is 0 Å². The highest BCUT2D eigenvalue weighted by molar-refractivity contribution is 5.87. The fraction of sp³-hybridized carbons (Fsp3) is 0.619. The average molecular weight is 378 g/mol. The van der Waals surface area contributed by atoms with Crippen LogP contribution in [-0.2, 0) is 19.1 Å². The van der Waals surface area contributed by atoms with Crippen LogP contribution in [0.4, 0.5) is 0 Å². The molecule has 27 heavy (non-hydrogen) atoms. The molecule has 6 nitrogen and oxygen atoms in total. The lowest BCUT2D eigenvalue weighted by Gasteiger charge is -2.28. The Hall–Kier alpha value is -1.92. The molecule has 0 aromatic carbocycles. The van der Waals surface area contributed by atoms with Gasteiger partial charge in [-0.15, -0.1) is 0 Å². The van der Waals surface area contributed by atoms with E-state index < -0.39 is 30.2 Å². The predicted molar refractivity (Wildman–Crippen MR) is 101 cm³/mol. The molecular formula is C21H30O6. The van der Waals surface area contributed by atoms with Crippen molar-refractivity contribution in [3.05, 3.63) is 34.9 Å². The molecule has 1 saturated heterocycles. The standard InChI is InChI=1S/C21H30O6/c1-5-12(2)20(24)26-18-10-15(11-22)7-6-8-16(23)13(3)9-17-19(18)14(4)21(25)27-17/h5,7,9,14,16-19,22-23H,6,8,10-11H2,1-4H3/b12-5+,13-9-,15-7-/t14-,16-,17+,18-,19?/m1/s1. The zero-order valence-corrected chi connectivity index (χ0v) is 16.5. The molecule has 1 fully saturated rings. The summed E-state index contributed by atoms with van der Waals surface area (Å²) in [6.07, 6.45) is 4.91. The molecule has 2 rings (SSSR count). The van der Waals surface area contributed by atoms with Gasteiger partial charge in [-0.25, -0.2) is 4.79 Å². The minimum absolute atomic E-state index is 0.167. The summed E-state index contributed by atoms with van der Waals surface area (Å²) in [5.41, 5.74) is 1.93. The van der Waals surface area contributed by atoms with E-state index in [0.29, 0.717) is 24.8 Å². The van der Waals surface area contributed by atoms with Crippen LogP contribution in [0, 0.1) is 11.8 Å². The minimum Gasteiger partial charge on any atom is -0.458 e. The maximum atomic E-state index is 12.4. The van der Waals surface area contributed by atoms with Crippen molar-refractivity contribution >= 4 is 11.9 Å². The summed E-state index contributed by atoms with van der Waals surface area (Å²) in [6.45, 7) is 6.83. The van der Waals surface area contributed by atoms with E-state index in [1.807, 2.05) is 6.08 Å². The number of allylic oxidation sites excluding steroid dienone is 2. The van der Waals surface area contributed by atoms with Gasteiger partial charge in [0, 0.05) is 12.0 Å². The average Bonchev–Trinajstić information content (AvgIpc) is 2.91. The van der Waals surface area contributed by atoms with Crippen molar-refractivity contribution in [2.75, 3.05) is 6.61 Å². The first kappa shape index (κ1) is 21.4. The lowest BCUT2D eigenvalue weighted by molar-refractivity contribution is -0.148. The van der Waals surface area contributed by atoms with Gasteiger partial charge in [0.1, 0.15) is 12.2 Å². The minimum atomic E-state index is -0.652. The van der Waals surface area contributed by atoms with Gasteiger partial charge in [0.15, 0.2) is 0 Å². The molecule has 2 N–H and O–H groups in total. The molecule has 1 heterocycles. The van der Waals surface area contributed by atoms with Crippen LogP contribution in [0.1, 0.15) is 47.0 Å². The van der Waals surface area contributed by atoms with Gasteiger partial charge >= 0.3 is 11.9 Å². The lowest BCUT2D eigenvalue weighted by atomic mass is 9.83. The fourth-order valence-corrected chi connectivity index (χ4v) is 3.56. The number of carbonyl (C=O) groups excluding carboxylic acids is 2. The second kappa shape index (κ2) is 9.33. The zero-order chi connectivity index (χ0) is 20.1. The molecular weight excluding hydrogens is 348 g/mol. The summed E-state index contributed by atoms with van der Waals surface area (Å²) >= 11 is 0. The van der Waals surface area contributed by atoms with Crippen molar-refractivity contribution in [1.82, 2.24) is 0 Å². The van der Waals surface area contributed by atoms with Crippen LogP contribution in [-0.4, -0.2) is 47.1 Å². The second-order valence-electron chi connectivity index (χ2n) is 7.41. The molecule has 1 aliphatic carbocycles. The van der Waals surface area contributed by atoms with E-state index in [0.717, 1.165) is 11.1 Å². The molecule has 150 valence electrons. The maximum absolute atomic E-state index is 12.4. The van der Waals surface area contributed by atoms with Crippen LogP contribution in [0.3, 0.4) is 0 Å². The molecule has 1 aliphatic heterocycles. The van der Waals surface area contributed by atoms with Crippen LogP contribution in [0.5, 0.6) is 0 Å². The number of esters is 2. The van der Waals surface area contributed by atoms with Gasteiger partial charge in [-0.05, 0) is 50.8 Å². The van der Waals surface area contributed by atoms with Crippen molar-refractivity contribution in [3.63, 3.8) is 0 Å². The Balaban J connectivity index is 2.45. The summed E-state index contributed by atoms with van der Waals surface area (Å²) in [5.74, 6) is -1.64. The number of aliphatic hydroxyl groups is 2. The predicted octanol–water partition coefficient (Wildman–Crippen LogP) is 2.45. The van der Waals surface area contributed by atoms with Gasteiger partial charge in [0.05, 0.1) is 24.5 Å². The highest BCUT2D eigenvalue weighted by Crippen LogP contribution is 2.37. The Morgan fingerprint density at radius 3 is 2.78 bits per heavy atom. The van der Waals surface area contributed by atoms with Gasteiger partial charge < -0.3 is 19.7 Å². The monoisotopic (exact) mass is 378 g/mol. The van der Waals surface area contributed by atoms with E-state index in [1.54, 1.807) is 39.8 Å². The Morgan fingerprint density at radius 2 is 2.15 bits per heavy atom. The van der Waals surface area contributed by atoms with Crippen LogP contribution in [0.15, 0.2) is 34.9 Å². The van der Waals surface area contributed by atoms with E-state index in [1.165, 1.54) is 0 Å². The van der Waals surface area contributed by atoms with Crippen molar-refractivity contribution in [3.8, 4) is 0 Å². The normalized spacial score (nSPS) is 36.4. The molecule has 6 heteroatoms. The van der Waals surface area contributed by atoms with Gasteiger partial charge in [-0.1, -0.05) is 19.1 Å². The molecule has 1 unspecified atom stereocenters. The second-order valence-corrected chi connectivity index (χ2v) is 7.41. The van der Waals surface area contributed by atoms with Gasteiger partial charge in [-0.2, -0.15) is 0 Å². The van der Waals surface area contributed by atoms with Crippen molar-refractivity contribution < 1.29 is 29.3 Å². The third-order valence-corrected chi connectivity index (χ3v) is 5.52. The van der Waals surface area contributed by atoms with Crippen LogP contribution < -0.4 is 0 Å². The van der Waals surface area contributed by atoms with Gasteiger partial charge in [0.2, 0.25) is 0 Å². The fourth-order valence-electron chi connectivity index (χ4n) is 3.56. The van der Waals surface area contributed by atoms with Crippen LogP contribution >= 0.6 is 0 Å². The highest BCUT2D eigenvalue weighted by atomic mass is 16.6. The SMILES string of the molecule is C/C=C(\C)C(=O)O[C@@H]1C/C(CO)=C/CC[C@@H](O)/C(C)=C\[C@@H]2OC(=O)[C@H](C)C21. The van der Waals surface area contributed by atoms with E-state index >= 15 is 0 Å². The molecule has 0 amide bonds. The molecule has 0 aromatic heterocycles. The van der Waals surface area contributed by atoms with Crippen molar-refractivity contribution in [2.45, 2.75) is 65.3 Å². The number of hydrogen-bond acceptors (Lipinski definition) is 6. The Labute approximate surface area is 160 Å². The van der Waals surface area contributed by atoms with Crippen molar-refractivity contribution in [2.24, 2.45) is 11.8 Å². The van der Waals surface area contributed by atoms with E-state index in [-0.39, 0.29) is 18.5 Å². The third kappa shape index (κ3) is 5.08. The number of fused-ring (bicyclic) bond motifs is 1. The first-order chi connectivity index (χ1) is 12.8. The largest absolute Gasteiger partial charge is 0.458 e. The summed E-state index contributed by atoms with van der Waals surface area (Å²) < 4.78 is 11.3. The Bertz CT molecular complexity index is 660. The first-order valence-electron chi connectivity index (χ1n) is 9.48. The molecule has 2 aliphatic rings. The summed E-state index contributed by atoms with van der Waals surface area (Å²) in [7, 11) is 0. The summed E-state index contributed by atoms with van der Waals surface area (Å²) in [5, 5.41) is 20.1. The third-order valence-electron chi connectivity index (χ3n) is 5.52. The number of aliphatic hydroxyl groups excluding tert-OH is 2. The summed E-state index contributed by atoms with van der Waals surface area (Å²) in [4.78, 5) is 24.6. The number of rotatable bonds is 3. The molecule has 0 aromatic rings. The number of ether oxygens (including phenoxy) is 2.